The number of hydrogen-bond donors (Lipinski definition) is 2. The highest BCUT2D eigenvalue weighted by Gasteiger charge is 2.07. The van der Waals surface area contributed by atoms with Crippen LogP contribution in [0.5, 0.6) is 0 Å². The Morgan fingerprint density at radius 2 is 1.90 bits per heavy atom. The molecule has 0 aliphatic heterocycles. The zero-order valence-electron chi connectivity index (χ0n) is 11.5. The number of benzene rings is 2. The summed E-state index contributed by atoms with van der Waals surface area (Å²) in [5, 5.41) is 0. The summed E-state index contributed by atoms with van der Waals surface area (Å²) in [5.74, 6) is -1.01. The maximum Gasteiger partial charge on any atom is 0.248 e. The lowest BCUT2D eigenvalue weighted by molar-refractivity contribution is 0.0999. The monoisotopic (exact) mass is 288 g/mol. The van der Waals surface area contributed by atoms with E-state index in [-0.39, 0.29) is 12.2 Å². The Labute approximate surface area is 122 Å². The van der Waals surface area contributed by atoms with Crippen molar-refractivity contribution in [1.82, 2.24) is 0 Å². The van der Waals surface area contributed by atoms with Gasteiger partial charge in [-0.3, -0.25) is 4.79 Å². The zero-order valence-corrected chi connectivity index (χ0v) is 11.5. The molecule has 0 bridgehead atoms. The van der Waals surface area contributed by atoms with Gasteiger partial charge in [-0.2, -0.15) is 0 Å². The average molecular weight is 288 g/mol. The van der Waals surface area contributed by atoms with Crippen LogP contribution in [0.3, 0.4) is 0 Å². The first-order chi connectivity index (χ1) is 10.1. The summed E-state index contributed by atoms with van der Waals surface area (Å²) in [6.07, 6.45) is 0.643. The molecule has 0 fully saturated rings. The average Bonchev–Trinajstić information content (AvgIpc) is 2.46. The molecule has 2 rings (SSSR count). The van der Waals surface area contributed by atoms with Crippen LogP contribution >= 0.6 is 0 Å². The molecule has 2 aromatic carbocycles. The van der Waals surface area contributed by atoms with E-state index in [2.05, 4.69) is 0 Å². The minimum absolute atomic E-state index is 0.0830. The third-order valence-corrected chi connectivity index (χ3v) is 3.16. The summed E-state index contributed by atoms with van der Waals surface area (Å²) < 4.78 is 19.0. The Balaban J connectivity index is 1.90. The normalized spacial score (nSPS) is 10.5. The van der Waals surface area contributed by atoms with Crippen molar-refractivity contribution in [2.75, 3.05) is 12.3 Å². The Hall–Kier alpha value is -2.40. The van der Waals surface area contributed by atoms with Gasteiger partial charge >= 0.3 is 0 Å². The minimum Gasteiger partial charge on any atom is -0.399 e. The lowest BCUT2D eigenvalue weighted by Gasteiger charge is -2.08. The molecule has 5 heteroatoms. The first-order valence-electron chi connectivity index (χ1n) is 6.57. The molecule has 4 N–H and O–H groups in total. The fourth-order valence-corrected chi connectivity index (χ4v) is 1.96. The van der Waals surface area contributed by atoms with Crippen LogP contribution in [0.25, 0.3) is 0 Å². The van der Waals surface area contributed by atoms with Crippen molar-refractivity contribution >= 4 is 11.6 Å². The van der Waals surface area contributed by atoms with Crippen molar-refractivity contribution in [3.8, 4) is 0 Å². The number of para-hydroxylation sites is 1. The highest BCUT2D eigenvalue weighted by Crippen LogP contribution is 2.14. The summed E-state index contributed by atoms with van der Waals surface area (Å²) in [4.78, 5) is 11.1. The van der Waals surface area contributed by atoms with Crippen LogP contribution in [0.15, 0.2) is 42.5 Å². The number of ether oxygens (including phenoxy) is 1. The maximum absolute atomic E-state index is 13.6. The van der Waals surface area contributed by atoms with E-state index in [1.54, 1.807) is 0 Å². The number of primary amides is 1. The predicted octanol–water partition coefficient (Wildman–Crippen LogP) is 2.27. The van der Waals surface area contributed by atoms with Gasteiger partial charge in [-0.25, -0.2) is 4.39 Å². The van der Waals surface area contributed by atoms with Crippen LogP contribution in [0.2, 0.25) is 0 Å². The van der Waals surface area contributed by atoms with E-state index < -0.39 is 11.7 Å². The largest absolute Gasteiger partial charge is 0.399 e. The molecule has 2 aromatic rings. The Kier molecular flexibility index (Phi) is 4.90. The second-order valence-corrected chi connectivity index (χ2v) is 4.67. The van der Waals surface area contributed by atoms with Crippen LogP contribution in [0, 0.1) is 5.82 Å². The summed E-state index contributed by atoms with van der Waals surface area (Å²) in [6.45, 7) is 0.494. The fraction of sp³-hybridized carbons (Fsp3) is 0.188. The Morgan fingerprint density at radius 1 is 1.14 bits per heavy atom. The number of halogens is 1. The molecule has 21 heavy (non-hydrogen) atoms. The van der Waals surface area contributed by atoms with Crippen molar-refractivity contribution in [3.05, 3.63) is 65.0 Å². The van der Waals surface area contributed by atoms with E-state index in [0.717, 1.165) is 5.56 Å². The summed E-state index contributed by atoms with van der Waals surface area (Å²) in [7, 11) is 0. The van der Waals surface area contributed by atoms with Crippen molar-refractivity contribution in [2.45, 2.75) is 13.0 Å². The van der Waals surface area contributed by atoms with Gasteiger partial charge in [0, 0.05) is 16.8 Å². The SMILES string of the molecule is NC(=O)c1ccc(F)c(COCCc2ccccc2N)c1. The first-order valence-corrected chi connectivity index (χ1v) is 6.57. The second-order valence-electron chi connectivity index (χ2n) is 4.67. The Morgan fingerprint density at radius 3 is 2.62 bits per heavy atom. The number of hydrogen-bond acceptors (Lipinski definition) is 3. The molecule has 0 aromatic heterocycles. The molecule has 0 radical (unpaired) electrons. The highest BCUT2D eigenvalue weighted by atomic mass is 19.1. The number of carbonyl (C=O) groups excluding carboxylic acids is 1. The van der Waals surface area contributed by atoms with Crippen LogP contribution in [0.1, 0.15) is 21.5 Å². The third kappa shape index (κ3) is 4.03. The number of amides is 1. The van der Waals surface area contributed by atoms with E-state index in [9.17, 15) is 9.18 Å². The van der Waals surface area contributed by atoms with Gasteiger partial charge in [0.15, 0.2) is 0 Å². The Bertz CT molecular complexity index is 644. The van der Waals surface area contributed by atoms with Gasteiger partial charge in [0.05, 0.1) is 13.2 Å². The predicted molar refractivity (Wildman–Crippen MR) is 79.1 cm³/mol. The highest BCUT2D eigenvalue weighted by molar-refractivity contribution is 5.92. The van der Waals surface area contributed by atoms with Crippen molar-refractivity contribution < 1.29 is 13.9 Å². The van der Waals surface area contributed by atoms with E-state index in [0.29, 0.717) is 24.3 Å². The smallest absolute Gasteiger partial charge is 0.248 e. The van der Waals surface area contributed by atoms with E-state index in [1.165, 1.54) is 18.2 Å². The standard InChI is InChI=1S/C16H17FN2O2/c17-14-6-5-12(16(19)20)9-13(14)10-21-8-7-11-3-1-2-4-15(11)18/h1-6,9H,7-8,10,18H2,(H2,19,20). The van der Waals surface area contributed by atoms with Crippen LogP contribution in [0.4, 0.5) is 10.1 Å². The first kappa shape index (κ1) is 15.0. The van der Waals surface area contributed by atoms with Gasteiger partial charge in [0.2, 0.25) is 5.91 Å². The lowest BCUT2D eigenvalue weighted by Crippen LogP contribution is -2.12. The van der Waals surface area contributed by atoms with Crippen LogP contribution < -0.4 is 11.5 Å². The van der Waals surface area contributed by atoms with E-state index in [4.69, 9.17) is 16.2 Å². The second kappa shape index (κ2) is 6.85. The van der Waals surface area contributed by atoms with Gasteiger partial charge in [-0.15, -0.1) is 0 Å². The van der Waals surface area contributed by atoms with Gasteiger partial charge < -0.3 is 16.2 Å². The molecule has 0 saturated carbocycles. The van der Waals surface area contributed by atoms with Gasteiger partial charge in [0.25, 0.3) is 0 Å². The molecule has 0 unspecified atom stereocenters. The number of nitrogen functional groups attached to an aromatic ring is 1. The molecular weight excluding hydrogens is 271 g/mol. The fourth-order valence-electron chi connectivity index (χ4n) is 1.96. The van der Waals surface area contributed by atoms with Crippen molar-refractivity contribution in [1.29, 1.82) is 0 Å². The molecule has 110 valence electrons. The molecule has 0 aliphatic rings. The minimum atomic E-state index is -0.590. The van der Waals surface area contributed by atoms with E-state index in [1.807, 2.05) is 24.3 Å². The van der Waals surface area contributed by atoms with E-state index >= 15 is 0 Å². The molecule has 0 saturated heterocycles. The van der Waals surface area contributed by atoms with Crippen molar-refractivity contribution in [2.24, 2.45) is 5.73 Å². The summed E-state index contributed by atoms with van der Waals surface area (Å²) in [6, 6.07) is 11.5. The molecule has 1 amide bonds. The topological polar surface area (TPSA) is 78.3 Å². The molecule has 4 nitrogen and oxygen atoms in total. The number of nitrogens with two attached hydrogens (primary N) is 2. The summed E-state index contributed by atoms with van der Waals surface area (Å²) >= 11 is 0. The quantitative estimate of drug-likeness (QED) is 0.632. The third-order valence-electron chi connectivity index (χ3n) is 3.16. The zero-order chi connectivity index (χ0) is 15.2. The van der Waals surface area contributed by atoms with Crippen LogP contribution in [-0.2, 0) is 17.8 Å². The summed E-state index contributed by atoms with van der Waals surface area (Å²) in [5.41, 5.74) is 13.3. The van der Waals surface area contributed by atoms with Crippen molar-refractivity contribution in [3.63, 3.8) is 0 Å². The number of rotatable bonds is 6. The molecular formula is C16H17FN2O2. The molecule has 0 aliphatic carbocycles. The number of carbonyl (C=O) groups is 1. The number of anilines is 1. The molecule has 0 spiro atoms. The lowest BCUT2D eigenvalue weighted by atomic mass is 10.1. The van der Waals surface area contributed by atoms with Crippen LogP contribution in [-0.4, -0.2) is 12.5 Å². The van der Waals surface area contributed by atoms with Gasteiger partial charge in [-0.1, -0.05) is 18.2 Å². The molecule has 0 atom stereocenters. The van der Waals surface area contributed by atoms with Gasteiger partial charge in [-0.05, 0) is 36.2 Å². The van der Waals surface area contributed by atoms with Gasteiger partial charge in [0.1, 0.15) is 5.82 Å². The maximum atomic E-state index is 13.6. The molecule has 0 heterocycles.